The van der Waals surface area contributed by atoms with Gasteiger partial charge in [0, 0.05) is 72.6 Å². The first-order chi connectivity index (χ1) is 7.65. The average molecular weight is 502 g/mol. The Kier molecular flexibility index (Phi) is 8.08. The summed E-state index contributed by atoms with van der Waals surface area (Å²) in [5, 5.41) is 2.55. The molecule has 7 heteroatoms. The van der Waals surface area contributed by atoms with Crippen LogP contribution in [0.1, 0.15) is 11.1 Å². The second-order valence-electron chi connectivity index (χ2n) is 3.44. The molecule has 0 bridgehead atoms. The molecule has 0 spiro atoms. The third-order valence-corrected chi connectivity index (χ3v) is 2.58. The van der Waals surface area contributed by atoms with E-state index in [1.54, 1.807) is 12.1 Å². The standard InChI is InChI=1S/C11H8BNO2S.W.Y/c1-6-4-2-3-5-7(6)8-9(15-16)10(12)13-11(8)14;;/h3-4,10,16H,1H3,(H,13,14);;/q-2;;. The molecular weight excluding hydrogens is 494 g/mol. The minimum absolute atomic E-state index is 0. The van der Waals surface area contributed by atoms with Crippen LogP contribution in [0.15, 0.2) is 17.9 Å². The van der Waals surface area contributed by atoms with Crippen molar-refractivity contribution in [1.82, 2.24) is 5.32 Å². The van der Waals surface area contributed by atoms with E-state index in [-0.39, 0.29) is 59.7 Å². The summed E-state index contributed by atoms with van der Waals surface area (Å²) >= 11 is 3.71. The third-order valence-electron chi connectivity index (χ3n) is 2.38. The number of thiol groups is 1. The maximum absolute atomic E-state index is 11.7. The van der Waals surface area contributed by atoms with Crippen LogP contribution in [-0.4, -0.2) is 19.7 Å². The smallest absolute Gasteiger partial charge is 0.171 e. The van der Waals surface area contributed by atoms with Crippen molar-refractivity contribution in [1.29, 1.82) is 0 Å². The molecule has 0 aliphatic carbocycles. The van der Waals surface area contributed by atoms with Crippen molar-refractivity contribution < 1.29 is 62.8 Å². The zero-order valence-electron chi connectivity index (χ0n) is 9.56. The zero-order valence-corrected chi connectivity index (χ0v) is 16.2. The zero-order chi connectivity index (χ0) is 11.7. The molecule has 0 saturated carbocycles. The van der Waals surface area contributed by atoms with Crippen LogP contribution >= 0.6 is 12.9 Å². The second kappa shape index (κ2) is 7.89. The minimum atomic E-state index is -0.656. The molecule has 89 valence electrons. The van der Waals surface area contributed by atoms with Gasteiger partial charge in [-0.2, -0.15) is 0 Å². The van der Waals surface area contributed by atoms with Crippen LogP contribution in [0.2, 0.25) is 0 Å². The molecule has 1 aromatic rings. The first-order valence-corrected chi connectivity index (χ1v) is 5.02. The van der Waals surface area contributed by atoms with E-state index in [0.717, 1.165) is 5.56 Å². The van der Waals surface area contributed by atoms with Crippen LogP contribution in [0, 0.1) is 19.1 Å². The Balaban J connectivity index is 0.00000144. The third kappa shape index (κ3) is 3.50. The van der Waals surface area contributed by atoms with E-state index < -0.39 is 5.94 Å². The summed E-state index contributed by atoms with van der Waals surface area (Å²) in [4.78, 5) is 11.7. The van der Waals surface area contributed by atoms with Crippen molar-refractivity contribution in [3.05, 3.63) is 41.2 Å². The van der Waals surface area contributed by atoms with Gasteiger partial charge in [-0.25, -0.2) is 17.7 Å². The van der Waals surface area contributed by atoms with E-state index in [0.29, 0.717) is 16.9 Å². The van der Waals surface area contributed by atoms with Gasteiger partial charge in [-0.3, -0.25) is 22.5 Å². The van der Waals surface area contributed by atoms with Gasteiger partial charge < -0.3 is 9.50 Å². The molecule has 1 amide bonds. The largest absolute Gasteiger partial charge is 0.450 e. The van der Waals surface area contributed by atoms with Gasteiger partial charge in [-0.1, -0.05) is 5.57 Å². The Morgan fingerprint density at radius 2 is 2.22 bits per heavy atom. The number of amides is 1. The quantitative estimate of drug-likeness (QED) is 0.272. The number of carbonyl (C=O) groups is 1. The van der Waals surface area contributed by atoms with Gasteiger partial charge in [0.1, 0.15) is 7.85 Å². The summed E-state index contributed by atoms with van der Waals surface area (Å²) in [5.41, 5.74) is 1.92. The predicted molar refractivity (Wildman–Crippen MR) is 63.5 cm³/mol. The molecule has 1 heterocycles. The normalized spacial score (nSPS) is 17.7. The van der Waals surface area contributed by atoms with Crippen molar-refractivity contribution in [2.24, 2.45) is 0 Å². The van der Waals surface area contributed by atoms with Crippen LogP contribution in [0.3, 0.4) is 0 Å². The first kappa shape index (κ1) is 18.4. The minimum Gasteiger partial charge on any atom is -0.450 e. The summed E-state index contributed by atoms with van der Waals surface area (Å²) in [5.74, 6) is -0.613. The first-order valence-electron chi connectivity index (χ1n) is 4.66. The number of hydrogen-bond donors (Lipinski definition) is 2. The van der Waals surface area contributed by atoms with Gasteiger partial charge in [-0.15, -0.1) is 6.92 Å². The van der Waals surface area contributed by atoms with E-state index in [1.165, 1.54) is 0 Å². The van der Waals surface area contributed by atoms with Gasteiger partial charge in [0.25, 0.3) is 0 Å². The number of hydrogen-bond acceptors (Lipinski definition) is 3. The fraction of sp³-hybridized carbons (Fsp3) is 0.182. The SMILES string of the molecule is [B]C1NC(=O)C(c2[c-]c[c-]cc2C)=C1OS.[W].[Y]. The van der Waals surface area contributed by atoms with Crippen molar-refractivity contribution >= 4 is 32.2 Å². The molecule has 3 radical (unpaired) electrons. The fourth-order valence-electron chi connectivity index (χ4n) is 1.62. The molecule has 1 N–H and O–H groups in total. The number of rotatable bonds is 2. The van der Waals surface area contributed by atoms with Crippen LogP contribution < -0.4 is 5.32 Å². The Bertz CT molecular complexity index is 484. The van der Waals surface area contributed by atoms with E-state index >= 15 is 0 Å². The Labute approximate surface area is 153 Å². The fourth-order valence-corrected chi connectivity index (χ4v) is 1.83. The molecule has 3 nitrogen and oxygen atoms in total. The second-order valence-corrected chi connectivity index (χ2v) is 3.62. The van der Waals surface area contributed by atoms with Crippen LogP contribution in [-0.2, 0) is 62.8 Å². The molecule has 1 atom stereocenters. The van der Waals surface area contributed by atoms with Crippen LogP contribution in [0.5, 0.6) is 0 Å². The Morgan fingerprint density at radius 3 is 2.78 bits per heavy atom. The topological polar surface area (TPSA) is 38.3 Å². The molecular formula is C11H8BNO2SWY-2. The van der Waals surface area contributed by atoms with Crippen LogP contribution in [0.25, 0.3) is 5.57 Å². The molecule has 1 aliphatic rings. The van der Waals surface area contributed by atoms with Crippen LogP contribution in [0.4, 0.5) is 0 Å². The van der Waals surface area contributed by atoms with Crippen molar-refractivity contribution in [3.8, 4) is 0 Å². The summed E-state index contributed by atoms with van der Waals surface area (Å²) in [7, 11) is 5.67. The summed E-state index contributed by atoms with van der Waals surface area (Å²) in [6.45, 7) is 1.86. The predicted octanol–water partition coefficient (Wildman–Crippen LogP) is 0.787. The van der Waals surface area contributed by atoms with Gasteiger partial charge in [0.2, 0.25) is 0 Å². The number of aryl methyl sites for hydroxylation is 1. The molecule has 18 heavy (non-hydrogen) atoms. The van der Waals surface area contributed by atoms with Crippen molar-refractivity contribution in [2.45, 2.75) is 12.9 Å². The number of nitrogens with one attached hydrogen (secondary N) is 1. The molecule has 0 saturated heterocycles. The molecule has 0 aromatic heterocycles. The number of benzene rings is 1. The summed E-state index contributed by atoms with van der Waals surface area (Å²) in [6, 6.07) is 9.22. The van der Waals surface area contributed by atoms with E-state index in [9.17, 15) is 4.79 Å². The van der Waals surface area contributed by atoms with E-state index in [2.05, 4.69) is 30.4 Å². The van der Waals surface area contributed by atoms with Crippen molar-refractivity contribution in [2.75, 3.05) is 0 Å². The molecule has 1 unspecified atom stereocenters. The van der Waals surface area contributed by atoms with Gasteiger partial charge in [0.15, 0.2) is 5.91 Å². The summed E-state index contributed by atoms with van der Waals surface area (Å²) < 4.78 is 4.85. The molecule has 1 aromatic carbocycles. The van der Waals surface area contributed by atoms with Gasteiger partial charge in [-0.05, 0) is 0 Å². The van der Waals surface area contributed by atoms with Gasteiger partial charge in [0.05, 0.1) is 5.76 Å². The van der Waals surface area contributed by atoms with E-state index in [4.69, 9.17) is 12.0 Å². The molecule has 2 rings (SSSR count). The Morgan fingerprint density at radius 1 is 1.56 bits per heavy atom. The van der Waals surface area contributed by atoms with E-state index in [1.807, 2.05) is 6.92 Å². The maximum Gasteiger partial charge on any atom is 0.171 e. The number of carbonyl (C=O) groups excluding carboxylic acids is 1. The van der Waals surface area contributed by atoms with Crippen molar-refractivity contribution in [3.63, 3.8) is 0 Å². The Hall–Kier alpha value is 0.437. The average Bonchev–Trinajstić information content (AvgIpc) is 2.54. The summed E-state index contributed by atoms with van der Waals surface area (Å²) in [6.07, 6.45) is 0. The molecule has 1 aliphatic heterocycles. The van der Waals surface area contributed by atoms with Gasteiger partial charge >= 0.3 is 0 Å². The molecule has 0 fully saturated rings. The monoisotopic (exact) mass is 502 g/mol. The maximum atomic E-state index is 11.7.